The van der Waals surface area contributed by atoms with Crippen LogP contribution in [0.5, 0.6) is 0 Å². The summed E-state index contributed by atoms with van der Waals surface area (Å²) in [7, 11) is -3.49. The standard InChI is InChI=1S/C17H23N3O4S/c1-12-2-4-14(5-3-12)25(23,24)20-10-8-13(9-11-20)18-17(22)15-6-7-16(21)19-15/h2-5,13,15H,6-11H2,1H3,(H,18,22)(H,19,21). The average molecular weight is 365 g/mol. The maximum absolute atomic E-state index is 12.7. The van der Waals surface area contributed by atoms with Gasteiger partial charge in [0.2, 0.25) is 21.8 Å². The Labute approximate surface area is 147 Å². The zero-order valence-corrected chi connectivity index (χ0v) is 15.0. The number of carbonyl (C=O) groups is 2. The van der Waals surface area contributed by atoms with Gasteiger partial charge in [-0.1, -0.05) is 17.7 Å². The fourth-order valence-electron chi connectivity index (χ4n) is 3.21. The highest BCUT2D eigenvalue weighted by atomic mass is 32.2. The van der Waals surface area contributed by atoms with E-state index in [9.17, 15) is 18.0 Å². The van der Waals surface area contributed by atoms with Gasteiger partial charge < -0.3 is 10.6 Å². The minimum absolute atomic E-state index is 0.0607. The third-order valence-electron chi connectivity index (χ3n) is 4.77. The van der Waals surface area contributed by atoms with Crippen LogP contribution in [-0.2, 0) is 19.6 Å². The molecule has 3 rings (SSSR count). The summed E-state index contributed by atoms with van der Waals surface area (Å²) in [5.41, 5.74) is 1.01. The molecule has 1 unspecified atom stereocenters. The third-order valence-corrected chi connectivity index (χ3v) is 6.68. The van der Waals surface area contributed by atoms with Crippen molar-refractivity contribution >= 4 is 21.8 Å². The van der Waals surface area contributed by atoms with Gasteiger partial charge in [-0.05, 0) is 38.3 Å². The molecule has 1 aromatic rings. The molecule has 2 amide bonds. The number of carbonyl (C=O) groups excluding carboxylic acids is 2. The van der Waals surface area contributed by atoms with Crippen LogP contribution in [0.2, 0.25) is 0 Å². The number of hydrogen-bond donors (Lipinski definition) is 2. The van der Waals surface area contributed by atoms with E-state index in [4.69, 9.17) is 0 Å². The summed E-state index contributed by atoms with van der Waals surface area (Å²) in [6, 6.07) is 6.31. The molecule has 2 heterocycles. The Morgan fingerprint density at radius 2 is 1.80 bits per heavy atom. The summed E-state index contributed by atoms with van der Waals surface area (Å²) in [5, 5.41) is 5.57. The molecule has 1 aromatic carbocycles. The zero-order chi connectivity index (χ0) is 18.0. The van der Waals surface area contributed by atoms with Crippen molar-refractivity contribution in [2.24, 2.45) is 0 Å². The number of nitrogens with one attached hydrogen (secondary N) is 2. The Kier molecular flexibility index (Phi) is 5.10. The summed E-state index contributed by atoms with van der Waals surface area (Å²) >= 11 is 0. The number of amides is 2. The molecule has 2 saturated heterocycles. The van der Waals surface area contributed by atoms with Crippen molar-refractivity contribution in [3.63, 3.8) is 0 Å². The van der Waals surface area contributed by atoms with Crippen molar-refractivity contribution < 1.29 is 18.0 Å². The maximum atomic E-state index is 12.7. The molecule has 136 valence electrons. The van der Waals surface area contributed by atoms with E-state index < -0.39 is 16.1 Å². The smallest absolute Gasteiger partial charge is 0.243 e. The van der Waals surface area contributed by atoms with Gasteiger partial charge in [0.1, 0.15) is 6.04 Å². The second-order valence-electron chi connectivity index (χ2n) is 6.66. The second kappa shape index (κ2) is 7.13. The van der Waals surface area contributed by atoms with Crippen LogP contribution in [-0.4, -0.2) is 49.7 Å². The summed E-state index contributed by atoms with van der Waals surface area (Å²) in [4.78, 5) is 23.6. The molecule has 2 N–H and O–H groups in total. The van der Waals surface area contributed by atoms with Crippen LogP contribution < -0.4 is 10.6 Å². The molecule has 1 atom stereocenters. The van der Waals surface area contributed by atoms with Gasteiger partial charge in [0, 0.05) is 25.6 Å². The van der Waals surface area contributed by atoms with Crippen molar-refractivity contribution in [2.45, 2.75) is 49.6 Å². The molecular formula is C17H23N3O4S. The zero-order valence-electron chi connectivity index (χ0n) is 14.2. The molecular weight excluding hydrogens is 342 g/mol. The first-order chi connectivity index (χ1) is 11.9. The van der Waals surface area contributed by atoms with Crippen molar-refractivity contribution in [2.75, 3.05) is 13.1 Å². The van der Waals surface area contributed by atoms with Gasteiger partial charge in [-0.25, -0.2) is 8.42 Å². The monoisotopic (exact) mass is 365 g/mol. The number of benzene rings is 1. The van der Waals surface area contributed by atoms with Crippen molar-refractivity contribution in [3.05, 3.63) is 29.8 Å². The lowest BCUT2D eigenvalue weighted by Crippen LogP contribution is -2.50. The normalized spacial score (nSPS) is 22.6. The molecule has 0 saturated carbocycles. The quantitative estimate of drug-likeness (QED) is 0.814. The predicted octanol–water partition coefficient (Wildman–Crippen LogP) is 0.543. The lowest BCUT2D eigenvalue weighted by molar-refractivity contribution is -0.126. The van der Waals surface area contributed by atoms with Crippen molar-refractivity contribution in [3.8, 4) is 0 Å². The van der Waals surface area contributed by atoms with Crippen LogP contribution in [0.1, 0.15) is 31.2 Å². The average Bonchev–Trinajstić information content (AvgIpc) is 3.02. The Balaban J connectivity index is 1.55. The van der Waals surface area contributed by atoms with E-state index in [0.29, 0.717) is 43.7 Å². The Morgan fingerprint density at radius 1 is 1.16 bits per heavy atom. The molecule has 0 aliphatic carbocycles. The number of hydrogen-bond acceptors (Lipinski definition) is 4. The van der Waals surface area contributed by atoms with E-state index in [0.717, 1.165) is 5.56 Å². The molecule has 0 bridgehead atoms. The van der Waals surface area contributed by atoms with Gasteiger partial charge in [-0.3, -0.25) is 9.59 Å². The van der Waals surface area contributed by atoms with Gasteiger partial charge in [0.15, 0.2) is 0 Å². The molecule has 0 aromatic heterocycles. The fraction of sp³-hybridized carbons (Fsp3) is 0.529. The first-order valence-corrected chi connectivity index (χ1v) is 9.97. The summed E-state index contributed by atoms with van der Waals surface area (Å²) in [6.45, 7) is 2.66. The highest BCUT2D eigenvalue weighted by Crippen LogP contribution is 2.21. The topological polar surface area (TPSA) is 95.6 Å². The lowest BCUT2D eigenvalue weighted by atomic mass is 10.1. The van der Waals surface area contributed by atoms with E-state index in [1.54, 1.807) is 24.3 Å². The van der Waals surface area contributed by atoms with Crippen LogP contribution >= 0.6 is 0 Å². The lowest BCUT2D eigenvalue weighted by Gasteiger charge is -2.32. The van der Waals surface area contributed by atoms with Crippen LogP contribution in [0.3, 0.4) is 0 Å². The van der Waals surface area contributed by atoms with E-state index in [1.807, 2.05) is 6.92 Å². The van der Waals surface area contributed by atoms with E-state index in [1.165, 1.54) is 4.31 Å². The number of nitrogens with zero attached hydrogens (tertiary/aromatic N) is 1. The van der Waals surface area contributed by atoms with Crippen LogP contribution in [0.4, 0.5) is 0 Å². The number of rotatable bonds is 4. The summed E-state index contributed by atoms with van der Waals surface area (Å²) < 4.78 is 26.8. The van der Waals surface area contributed by atoms with Gasteiger partial charge in [-0.2, -0.15) is 4.31 Å². The minimum Gasteiger partial charge on any atom is -0.351 e. The van der Waals surface area contributed by atoms with Gasteiger partial charge in [-0.15, -0.1) is 0 Å². The van der Waals surface area contributed by atoms with Crippen LogP contribution in [0.15, 0.2) is 29.2 Å². The molecule has 2 aliphatic rings. The SMILES string of the molecule is Cc1ccc(S(=O)(=O)N2CCC(NC(=O)C3CCC(=O)N3)CC2)cc1. The summed E-state index contributed by atoms with van der Waals surface area (Å²) in [6.07, 6.45) is 2.03. The number of aryl methyl sites for hydroxylation is 1. The maximum Gasteiger partial charge on any atom is 0.243 e. The Morgan fingerprint density at radius 3 is 2.36 bits per heavy atom. The van der Waals surface area contributed by atoms with Crippen molar-refractivity contribution in [1.82, 2.24) is 14.9 Å². The van der Waals surface area contributed by atoms with Gasteiger partial charge in [0.25, 0.3) is 0 Å². The fourth-order valence-corrected chi connectivity index (χ4v) is 4.68. The molecule has 2 aliphatic heterocycles. The van der Waals surface area contributed by atoms with E-state index >= 15 is 0 Å². The van der Waals surface area contributed by atoms with Gasteiger partial charge >= 0.3 is 0 Å². The second-order valence-corrected chi connectivity index (χ2v) is 8.60. The molecule has 0 spiro atoms. The highest BCUT2D eigenvalue weighted by Gasteiger charge is 2.32. The molecule has 25 heavy (non-hydrogen) atoms. The number of sulfonamides is 1. The van der Waals surface area contributed by atoms with E-state index in [-0.39, 0.29) is 17.9 Å². The molecule has 7 nitrogen and oxygen atoms in total. The van der Waals surface area contributed by atoms with Crippen LogP contribution in [0.25, 0.3) is 0 Å². The Hall–Kier alpha value is -1.93. The largest absolute Gasteiger partial charge is 0.351 e. The molecule has 0 radical (unpaired) electrons. The molecule has 2 fully saturated rings. The van der Waals surface area contributed by atoms with Gasteiger partial charge in [0.05, 0.1) is 4.90 Å². The minimum atomic E-state index is -3.49. The first-order valence-electron chi connectivity index (χ1n) is 8.53. The Bertz CT molecular complexity index is 753. The first kappa shape index (κ1) is 17.9. The highest BCUT2D eigenvalue weighted by molar-refractivity contribution is 7.89. The van der Waals surface area contributed by atoms with Crippen LogP contribution in [0, 0.1) is 6.92 Å². The number of piperidine rings is 1. The van der Waals surface area contributed by atoms with E-state index in [2.05, 4.69) is 10.6 Å². The van der Waals surface area contributed by atoms with Crippen molar-refractivity contribution in [1.29, 1.82) is 0 Å². The predicted molar refractivity (Wildman–Crippen MR) is 92.3 cm³/mol. The summed E-state index contributed by atoms with van der Waals surface area (Å²) in [5.74, 6) is -0.273. The molecule has 8 heteroatoms. The third kappa shape index (κ3) is 4.01.